The summed E-state index contributed by atoms with van der Waals surface area (Å²) in [5.41, 5.74) is 1.06. The second kappa shape index (κ2) is 9.29. The first-order chi connectivity index (χ1) is 12.4. The summed E-state index contributed by atoms with van der Waals surface area (Å²) < 4.78 is 5.24. The molecule has 0 radical (unpaired) electrons. The molecule has 1 N–H and O–H groups in total. The lowest BCUT2D eigenvalue weighted by atomic mass is 10.1. The number of nitrogens with one attached hydrogen (secondary N) is 1. The van der Waals surface area contributed by atoms with Crippen LogP contribution < -0.4 is 5.32 Å². The molecule has 5 nitrogen and oxygen atoms in total. The number of thiophene rings is 1. The molecule has 1 aromatic carbocycles. The van der Waals surface area contributed by atoms with E-state index in [2.05, 4.69) is 5.32 Å². The standard InChI is InChI=1S/C20H23NO4S/c1-13(2)20(24)21-16-8-6-15(7-9-16)19(23)14(3)25-18(22)11-10-17-5-4-12-26-17/h4-9,12-14H,10-11H2,1-3H3,(H,21,24)/t14-/m1/s1. The summed E-state index contributed by atoms with van der Waals surface area (Å²) in [6.45, 7) is 5.18. The average Bonchev–Trinajstić information content (AvgIpc) is 3.13. The summed E-state index contributed by atoms with van der Waals surface area (Å²) in [7, 11) is 0. The van der Waals surface area contributed by atoms with E-state index in [1.54, 1.807) is 42.5 Å². The zero-order valence-corrected chi connectivity index (χ0v) is 16.0. The van der Waals surface area contributed by atoms with E-state index in [1.807, 2.05) is 31.4 Å². The lowest BCUT2D eigenvalue weighted by Gasteiger charge is -2.13. The highest BCUT2D eigenvalue weighted by molar-refractivity contribution is 7.09. The van der Waals surface area contributed by atoms with Crippen LogP contribution in [-0.4, -0.2) is 23.8 Å². The van der Waals surface area contributed by atoms with Crippen molar-refractivity contribution in [3.05, 3.63) is 52.2 Å². The molecule has 6 heteroatoms. The molecule has 0 spiro atoms. The maximum atomic E-state index is 12.4. The number of hydrogen-bond donors (Lipinski definition) is 1. The molecule has 0 saturated heterocycles. The number of rotatable bonds is 8. The molecule has 0 aliphatic carbocycles. The highest BCUT2D eigenvalue weighted by atomic mass is 32.1. The Kier molecular flexibility index (Phi) is 7.09. The van der Waals surface area contributed by atoms with Gasteiger partial charge in [-0.25, -0.2) is 0 Å². The molecule has 0 unspecified atom stereocenters. The van der Waals surface area contributed by atoms with Gasteiger partial charge in [0.2, 0.25) is 11.7 Å². The van der Waals surface area contributed by atoms with Crippen molar-refractivity contribution in [2.45, 2.75) is 39.7 Å². The molecule has 138 valence electrons. The Morgan fingerprint density at radius 2 is 1.77 bits per heavy atom. The zero-order valence-electron chi connectivity index (χ0n) is 15.2. The second-order valence-corrected chi connectivity index (χ2v) is 7.33. The topological polar surface area (TPSA) is 72.5 Å². The van der Waals surface area contributed by atoms with E-state index in [4.69, 9.17) is 4.74 Å². The van der Waals surface area contributed by atoms with Crippen LogP contribution >= 0.6 is 11.3 Å². The van der Waals surface area contributed by atoms with Crippen molar-refractivity contribution in [1.82, 2.24) is 0 Å². The van der Waals surface area contributed by atoms with Gasteiger partial charge in [-0.1, -0.05) is 19.9 Å². The molecule has 0 saturated carbocycles. The minimum absolute atomic E-state index is 0.0860. The van der Waals surface area contributed by atoms with Crippen LogP contribution in [0.4, 0.5) is 5.69 Å². The Hall–Kier alpha value is -2.47. The molecule has 0 fully saturated rings. The number of anilines is 1. The van der Waals surface area contributed by atoms with Crippen molar-refractivity contribution in [1.29, 1.82) is 0 Å². The van der Waals surface area contributed by atoms with Crippen LogP contribution in [0.15, 0.2) is 41.8 Å². The number of ether oxygens (including phenoxy) is 1. The third-order valence-corrected chi connectivity index (χ3v) is 4.73. The Morgan fingerprint density at radius 3 is 2.35 bits per heavy atom. The lowest BCUT2D eigenvalue weighted by molar-refractivity contribution is -0.146. The summed E-state index contributed by atoms with van der Waals surface area (Å²) in [6, 6.07) is 10.5. The first-order valence-electron chi connectivity index (χ1n) is 8.54. The van der Waals surface area contributed by atoms with E-state index in [0.29, 0.717) is 17.7 Å². The van der Waals surface area contributed by atoms with Gasteiger partial charge in [0.15, 0.2) is 6.10 Å². The Morgan fingerprint density at radius 1 is 1.08 bits per heavy atom. The van der Waals surface area contributed by atoms with E-state index in [0.717, 1.165) is 4.88 Å². The fourth-order valence-corrected chi connectivity index (χ4v) is 2.94. The summed E-state index contributed by atoms with van der Waals surface area (Å²) in [5, 5.41) is 4.72. The molecule has 0 aliphatic rings. The molecule has 0 aliphatic heterocycles. The lowest BCUT2D eigenvalue weighted by Crippen LogP contribution is -2.24. The van der Waals surface area contributed by atoms with Gasteiger partial charge in [0.1, 0.15) is 0 Å². The molecular formula is C20H23NO4S. The smallest absolute Gasteiger partial charge is 0.306 e. The number of carbonyl (C=O) groups excluding carboxylic acids is 3. The van der Waals surface area contributed by atoms with Gasteiger partial charge in [-0.3, -0.25) is 14.4 Å². The van der Waals surface area contributed by atoms with E-state index >= 15 is 0 Å². The summed E-state index contributed by atoms with van der Waals surface area (Å²) in [6.07, 6.45) is 0.0156. The minimum Gasteiger partial charge on any atom is -0.454 e. The minimum atomic E-state index is -0.845. The van der Waals surface area contributed by atoms with Crippen molar-refractivity contribution in [2.24, 2.45) is 5.92 Å². The van der Waals surface area contributed by atoms with Gasteiger partial charge in [-0.2, -0.15) is 0 Å². The van der Waals surface area contributed by atoms with Crippen LogP contribution in [0.1, 0.15) is 42.4 Å². The van der Waals surface area contributed by atoms with E-state index < -0.39 is 6.10 Å². The number of esters is 1. The normalized spacial score (nSPS) is 11.8. The monoisotopic (exact) mass is 373 g/mol. The van der Waals surface area contributed by atoms with E-state index in [-0.39, 0.29) is 30.0 Å². The molecule has 2 rings (SSSR count). The summed E-state index contributed by atoms with van der Waals surface area (Å²) in [4.78, 5) is 37.1. The molecule has 1 aromatic heterocycles. The van der Waals surface area contributed by atoms with Crippen LogP contribution in [0.25, 0.3) is 0 Å². The Balaban J connectivity index is 1.86. The second-order valence-electron chi connectivity index (χ2n) is 6.30. The maximum absolute atomic E-state index is 12.4. The SMILES string of the molecule is CC(C)C(=O)Nc1ccc(C(=O)[C@@H](C)OC(=O)CCc2cccs2)cc1. The number of benzene rings is 1. The number of ketones is 1. The fourth-order valence-electron chi connectivity index (χ4n) is 2.23. The molecule has 1 atom stereocenters. The van der Waals surface area contributed by atoms with Crippen molar-refractivity contribution < 1.29 is 19.1 Å². The fraction of sp³-hybridized carbons (Fsp3) is 0.350. The zero-order chi connectivity index (χ0) is 19.1. The van der Waals surface area contributed by atoms with Crippen molar-refractivity contribution in [3.8, 4) is 0 Å². The van der Waals surface area contributed by atoms with Crippen molar-refractivity contribution >= 4 is 34.7 Å². The van der Waals surface area contributed by atoms with Crippen molar-refractivity contribution in [2.75, 3.05) is 5.32 Å². The van der Waals surface area contributed by atoms with Crippen molar-refractivity contribution in [3.63, 3.8) is 0 Å². The van der Waals surface area contributed by atoms with E-state index in [9.17, 15) is 14.4 Å². The molecular weight excluding hydrogens is 350 g/mol. The highest BCUT2D eigenvalue weighted by Crippen LogP contribution is 2.15. The quantitative estimate of drug-likeness (QED) is 0.559. The number of hydrogen-bond acceptors (Lipinski definition) is 5. The van der Waals surface area contributed by atoms with Gasteiger partial charge in [0.25, 0.3) is 0 Å². The van der Waals surface area contributed by atoms with Gasteiger partial charge < -0.3 is 10.1 Å². The van der Waals surface area contributed by atoms with Crippen LogP contribution in [-0.2, 0) is 20.7 Å². The van der Waals surface area contributed by atoms with Gasteiger partial charge in [-0.15, -0.1) is 11.3 Å². The van der Waals surface area contributed by atoms with Crippen LogP contribution in [0.3, 0.4) is 0 Å². The van der Waals surface area contributed by atoms with Crippen LogP contribution in [0.5, 0.6) is 0 Å². The summed E-state index contributed by atoms with van der Waals surface area (Å²) >= 11 is 1.59. The third kappa shape index (κ3) is 5.81. The van der Waals surface area contributed by atoms with Gasteiger partial charge in [0, 0.05) is 22.0 Å². The predicted molar refractivity (Wildman–Crippen MR) is 102 cm³/mol. The molecule has 0 bridgehead atoms. The van der Waals surface area contributed by atoms with E-state index in [1.165, 1.54) is 0 Å². The summed E-state index contributed by atoms with van der Waals surface area (Å²) in [5.74, 6) is -0.863. The highest BCUT2D eigenvalue weighted by Gasteiger charge is 2.19. The van der Waals surface area contributed by atoms with Gasteiger partial charge in [-0.05, 0) is 49.1 Å². The molecule has 26 heavy (non-hydrogen) atoms. The predicted octanol–water partition coefficient (Wildman–Crippen LogP) is 4.09. The number of carbonyl (C=O) groups is 3. The average molecular weight is 373 g/mol. The third-order valence-electron chi connectivity index (χ3n) is 3.79. The van der Waals surface area contributed by atoms with Gasteiger partial charge >= 0.3 is 5.97 Å². The maximum Gasteiger partial charge on any atom is 0.306 e. The van der Waals surface area contributed by atoms with Crippen LogP contribution in [0, 0.1) is 5.92 Å². The number of aryl methyl sites for hydroxylation is 1. The van der Waals surface area contributed by atoms with Gasteiger partial charge in [0.05, 0.1) is 6.42 Å². The molecule has 2 aromatic rings. The number of amides is 1. The van der Waals surface area contributed by atoms with Crippen LogP contribution in [0.2, 0.25) is 0 Å². The Bertz CT molecular complexity index is 751. The molecule has 1 heterocycles. The molecule has 1 amide bonds. The first kappa shape index (κ1) is 19.8. The number of Topliss-reactive ketones (excluding diaryl/α,β-unsaturated/α-hetero) is 1. The Labute approximate surface area is 157 Å². The largest absolute Gasteiger partial charge is 0.454 e. The first-order valence-corrected chi connectivity index (χ1v) is 9.41.